The Labute approximate surface area is 112 Å². The van der Waals surface area contributed by atoms with Crippen molar-refractivity contribution in [1.82, 2.24) is 10.5 Å². The van der Waals surface area contributed by atoms with Gasteiger partial charge in [0.2, 0.25) is 0 Å². The lowest BCUT2D eigenvalue weighted by Crippen LogP contribution is -2.19. The molecule has 1 heterocycles. The second-order valence-electron chi connectivity index (χ2n) is 4.92. The van der Waals surface area contributed by atoms with Gasteiger partial charge in [0.05, 0.1) is 5.69 Å². The van der Waals surface area contributed by atoms with E-state index in [2.05, 4.69) is 17.4 Å². The van der Waals surface area contributed by atoms with E-state index in [1.807, 2.05) is 19.9 Å². The summed E-state index contributed by atoms with van der Waals surface area (Å²) in [5, 5.41) is 7.36. The largest absolute Gasteiger partial charge is 0.361 e. The summed E-state index contributed by atoms with van der Waals surface area (Å²) in [4.78, 5) is 0. The highest BCUT2D eigenvalue weighted by atomic mass is 19.1. The first-order chi connectivity index (χ1) is 8.99. The van der Waals surface area contributed by atoms with E-state index in [4.69, 9.17) is 4.52 Å². The van der Waals surface area contributed by atoms with E-state index in [0.29, 0.717) is 12.1 Å². The van der Waals surface area contributed by atoms with Crippen LogP contribution in [0.1, 0.15) is 41.1 Å². The maximum absolute atomic E-state index is 13.2. The van der Waals surface area contributed by atoms with Crippen molar-refractivity contribution < 1.29 is 8.91 Å². The van der Waals surface area contributed by atoms with Crippen LogP contribution in [0.25, 0.3) is 0 Å². The van der Waals surface area contributed by atoms with Crippen LogP contribution in [-0.4, -0.2) is 5.16 Å². The maximum Gasteiger partial charge on any atom is 0.138 e. The summed E-state index contributed by atoms with van der Waals surface area (Å²) < 4.78 is 18.3. The van der Waals surface area contributed by atoms with Crippen LogP contribution in [-0.2, 0) is 6.54 Å². The average molecular weight is 262 g/mol. The fourth-order valence-corrected chi connectivity index (χ4v) is 2.30. The lowest BCUT2D eigenvalue weighted by molar-refractivity contribution is 0.390. The SMILES string of the molecule is Cc1cc(CNC(C)c2c(C)noc2C)ccc1F. The van der Waals surface area contributed by atoms with Gasteiger partial charge in [0.1, 0.15) is 11.6 Å². The molecular weight excluding hydrogens is 243 g/mol. The summed E-state index contributed by atoms with van der Waals surface area (Å²) in [6.07, 6.45) is 0. The minimum atomic E-state index is -0.164. The van der Waals surface area contributed by atoms with E-state index in [-0.39, 0.29) is 11.9 Å². The third-order valence-corrected chi connectivity index (χ3v) is 3.36. The molecule has 0 amide bonds. The van der Waals surface area contributed by atoms with Crippen molar-refractivity contribution in [3.8, 4) is 0 Å². The molecule has 1 aromatic carbocycles. The molecule has 0 bridgehead atoms. The molecule has 1 N–H and O–H groups in total. The molecule has 0 aliphatic rings. The Morgan fingerprint density at radius 3 is 2.63 bits per heavy atom. The number of nitrogens with one attached hydrogen (secondary N) is 1. The predicted molar refractivity (Wildman–Crippen MR) is 72.4 cm³/mol. The maximum atomic E-state index is 13.2. The second kappa shape index (κ2) is 5.53. The number of halogens is 1. The van der Waals surface area contributed by atoms with Crippen molar-refractivity contribution in [1.29, 1.82) is 0 Å². The Bertz CT molecular complexity index is 558. The minimum absolute atomic E-state index is 0.150. The van der Waals surface area contributed by atoms with Crippen molar-refractivity contribution in [2.75, 3.05) is 0 Å². The molecule has 3 nitrogen and oxygen atoms in total. The molecule has 1 unspecified atom stereocenters. The highest BCUT2D eigenvalue weighted by molar-refractivity contribution is 5.26. The number of benzene rings is 1. The van der Waals surface area contributed by atoms with E-state index in [9.17, 15) is 4.39 Å². The first kappa shape index (κ1) is 13.7. The molecule has 19 heavy (non-hydrogen) atoms. The van der Waals surface area contributed by atoms with Crippen molar-refractivity contribution in [3.63, 3.8) is 0 Å². The van der Waals surface area contributed by atoms with Crippen LogP contribution in [0.3, 0.4) is 0 Å². The number of nitrogens with zero attached hydrogens (tertiary/aromatic N) is 1. The van der Waals surface area contributed by atoms with Gasteiger partial charge in [-0.2, -0.15) is 0 Å². The summed E-state index contributed by atoms with van der Waals surface area (Å²) in [6, 6.07) is 5.32. The Kier molecular flexibility index (Phi) is 4.00. The number of rotatable bonds is 4. The molecule has 4 heteroatoms. The first-order valence-electron chi connectivity index (χ1n) is 6.40. The number of hydrogen-bond acceptors (Lipinski definition) is 3. The van der Waals surface area contributed by atoms with Gasteiger partial charge in [-0.3, -0.25) is 0 Å². The van der Waals surface area contributed by atoms with E-state index in [1.54, 1.807) is 13.0 Å². The zero-order valence-electron chi connectivity index (χ0n) is 11.7. The van der Waals surface area contributed by atoms with Gasteiger partial charge in [0, 0.05) is 18.2 Å². The summed E-state index contributed by atoms with van der Waals surface area (Å²) >= 11 is 0. The molecule has 102 valence electrons. The monoisotopic (exact) mass is 262 g/mol. The van der Waals surface area contributed by atoms with Crippen LogP contribution in [0.2, 0.25) is 0 Å². The quantitative estimate of drug-likeness (QED) is 0.915. The highest BCUT2D eigenvalue weighted by Gasteiger charge is 2.15. The van der Waals surface area contributed by atoms with E-state index < -0.39 is 0 Å². The lowest BCUT2D eigenvalue weighted by Gasteiger charge is -2.14. The molecule has 0 saturated heterocycles. The minimum Gasteiger partial charge on any atom is -0.361 e. The van der Waals surface area contributed by atoms with Gasteiger partial charge >= 0.3 is 0 Å². The summed E-state index contributed by atoms with van der Waals surface area (Å²) in [7, 11) is 0. The second-order valence-corrected chi connectivity index (χ2v) is 4.92. The van der Waals surface area contributed by atoms with E-state index >= 15 is 0 Å². The zero-order chi connectivity index (χ0) is 14.0. The Morgan fingerprint density at radius 1 is 1.32 bits per heavy atom. The molecule has 2 aromatic rings. The van der Waals surface area contributed by atoms with Gasteiger partial charge in [-0.1, -0.05) is 17.3 Å². The van der Waals surface area contributed by atoms with Gasteiger partial charge in [-0.25, -0.2) is 4.39 Å². The molecule has 0 saturated carbocycles. The Morgan fingerprint density at radius 2 is 2.05 bits per heavy atom. The predicted octanol–water partition coefficient (Wildman–Crippen LogP) is 3.59. The van der Waals surface area contributed by atoms with Gasteiger partial charge in [-0.15, -0.1) is 0 Å². The molecule has 0 aliphatic heterocycles. The van der Waals surface area contributed by atoms with Crippen LogP contribution in [0, 0.1) is 26.6 Å². The number of aryl methyl sites for hydroxylation is 3. The fourth-order valence-electron chi connectivity index (χ4n) is 2.30. The highest BCUT2D eigenvalue weighted by Crippen LogP contribution is 2.21. The third kappa shape index (κ3) is 3.01. The summed E-state index contributed by atoms with van der Waals surface area (Å²) in [5.41, 5.74) is 3.74. The zero-order valence-corrected chi connectivity index (χ0v) is 11.7. The molecule has 0 aliphatic carbocycles. The summed E-state index contributed by atoms with van der Waals surface area (Å²) in [6.45, 7) is 8.38. The van der Waals surface area contributed by atoms with Crippen molar-refractivity contribution in [2.24, 2.45) is 0 Å². The van der Waals surface area contributed by atoms with Crippen molar-refractivity contribution >= 4 is 0 Å². The van der Waals surface area contributed by atoms with Crippen LogP contribution >= 0.6 is 0 Å². The van der Waals surface area contributed by atoms with Gasteiger partial charge in [-0.05, 0) is 44.9 Å². The van der Waals surface area contributed by atoms with Crippen molar-refractivity contribution in [3.05, 3.63) is 52.2 Å². The van der Waals surface area contributed by atoms with Gasteiger partial charge in [0.25, 0.3) is 0 Å². The number of hydrogen-bond donors (Lipinski definition) is 1. The molecule has 0 fully saturated rings. The first-order valence-corrected chi connectivity index (χ1v) is 6.40. The molecule has 1 aromatic heterocycles. The van der Waals surface area contributed by atoms with Gasteiger partial charge in [0.15, 0.2) is 0 Å². The van der Waals surface area contributed by atoms with Crippen LogP contribution in [0.4, 0.5) is 4.39 Å². The molecule has 0 spiro atoms. The number of aromatic nitrogens is 1. The Balaban J connectivity index is 2.04. The Hall–Kier alpha value is -1.68. The van der Waals surface area contributed by atoms with Crippen molar-refractivity contribution in [2.45, 2.75) is 40.3 Å². The lowest BCUT2D eigenvalue weighted by atomic mass is 10.1. The molecular formula is C15H19FN2O. The molecule has 0 radical (unpaired) electrons. The normalized spacial score (nSPS) is 12.7. The van der Waals surface area contributed by atoms with Gasteiger partial charge < -0.3 is 9.84 Å². The fraction of sp³-hybridized carbons (Fsp3) is 0.400. The standard InChI is InChI=1S/C15H19FN2O/c1-9-7-13(5-6-14(9)16)8-17-10(2)15-11(3)18-19-12(15)4/h5-7,10,17H,8H2,1-4H3. The van der Waals surface area contributed by atoms with Crippen LogP contribution in [0.5, 0.6) is 0 Å². The topological polar surface area (TPSA) is 38.1 Å². The smallest absolute Gasteiger partial charge is 0.138 e. The van der Waals surface area contributed by atoms with E-state index in [1.165, 1.54) is 6.07 Å². The third-order valence-electron chi connectivity index (χ3n) is 3.36. The molecule has 2 rings (SSSR count). The summed E-state index contributed by atoms with van der Waals surface area (Å²) in [5.74, 6) is 0.676. The van der Waals surface area contributed by atoms with Crippen LogP contribution < -0.4 is 5.32 Å². The average Bonchev–Trinajstić information content (AvgIpc) is 2.70. The van der Waals surface area contributed by atoms with E-state index in [0.717, 1.165) is 22.6 Å². The molecule has 1 atom stereocenters. The van der Waals surface area contributed by atoms with Crippen LogP contribution in [0.15, 0.2) is 22.7 Å².